The van der Waals surface area contributed by atoms with Crippen LogP contribution in [-0.2, 0) is 13.0 Å². The van der Waals surface area contributed by atoms with Gasteiger partial charge in [-0.2, -0.15) is 0 Å². The summed E-state index contributed by atoms with van der Waals surface area (Å²) >= 11 is 0. The average Bonchev–Trinajstić information content (AvgIpc) is 2.97. The molecular formula is C17H22ClFN2O2. The van der Waals surface area contributed by atoms with E-state index in [1.807, 2.05) is 13.8 Å². The Hall–Kier alpha value is -1.85. The fourth-order valence-electron chi connectivity index (χ4n) is 2.19. The van der Waals surface area contributed by atoms with E-state index in [2.05, 4.69) is 5.32 Å². The SMILES string of the molecule is CC(C)C(Cc1ccc(F)cc1)NC(=O)c1coc(CN)c1.Cl. The Balaban J connectivity index is 0.00000264. The van der Waals surface area contributed by atoms with Crippen LogP contribution in [0.4, 0.5) is 4.39 Å². The molecule has 1 atom stereocenters. The van der Waals surface area contributed by atoms with Crippen molar-refractivity contribution in [1.82, 2.24) is 5.32 Å². The van der Waals surface area contributed by atoms with Gasteiger partial charge in [-0.15, -0.1) is 12.4 Å². The highest BCUT2D eigenvalue weighted by molar-refractivity contribution is 5.94. The van der Waals surface area contributed by atoms with Crippen LogP contribution < -0.4 is 11.1 Å². The molecule has 0 bridgehead atoms. The monoisotopic (exact) mass is 340 g/mol. The van der Waals surface area contributed by atoms with Crippen molar-refractivity contribution < 1.29 is 13.6 Å². The number of nitrogens with one attached hydrogen (secondary N) is 1. The van der Waals surface area contributed by atoms with Gasteiger partial charge >= 0.3 is 0 Å². The van der Waals surface area contributed by atoms with E-state index in [1.54, 1.807) is 18.2 Å². The third-order valence-electron chi connectivity index (χ3n) is 3.61. The molecule has 1 aromatic heterocycles. The molecule has 23 heavy (non-hydrogen) atoms. The molecule has 4 nitrogen and oxygen atoms in total. The minimum atomic E-state index is -0.262. The van der Waals surface area contributed by atoms with E-state index in [-0.39, 0.29) is 42.6 Å². The van der Waals surface area contributed by atoms with Crippen LogP contribution in [0.1, 0.15) is 35.5 Å². The first-order valence-corrected chi connectivity index (χ1v) is 7.32. The van der Waals surface area contributed by atoms with Gasteiger partial charge in [0.25, 0.3) is 5.91 Å². The van der Waals surface area contributed by atoms with E-state index in [1.165, 1.54) is 18.4 Å². The second kappa shape index (κ2) is 8.70. The highest BCUT2D eigenvalue weighted by atomic mass is 35.5. The number of rotatable bonds is 6. The van der Waals surface area contributed by atoms with Crippen molar-refractivity contribution in [1.29, 1.82) is 0 Å². The lowest BCUT2D eigenvalue weighted by Crippen LogP contribution is -2.40. The fourth-order valence-corrected chi connectivity index (χ4v) is 2.19. The average molecular weight is 341 g/mol. The summed E-state index contributed by atoms with van der Waals surface area (Å²) in [5.74, 6) is 0.366. The number of hydrogen-bond acceptors (Lipinski definition) is 3. The van der Waals surface area contributed by atoms with Crippen LogP contribution in [0.15, 0.2) is 41.0 Å². The van der Waals surface area contributed by atoms with Gasteiger partial charge in [0.1, 0.15) is 17.8 Å². The molecule has 1 unspecified atom stereocenters. The van der Waals surface area contributed by atoms with Crippen LogP contribution in [-0.4, -0.2) is 11.9 Å². The number of carbonyl (C=O) groups is 1. The van der Waals surface area contributed by atoms with Crippen molar-refractivity contribution in [2.24, 2.45) is 11.7 Å². The summed E-state index contributed by atoms with van der Waals surface area (Å²) in [6.45, 7) is 4.33. The summed E-state index contributed by atoms with van der Waals surface area (Å²) in [6.07, 6.45) is 2.05. The molecule has 0 spiro atoms. The minimum absolute atomic E-state index is 0. The first kappa shape index (κ1) is 19.2. The summed E-state index contributed by atoms with van der Waals surface area (Å²) in [6, 6.07) is 7.93. The Morgan fingerprint density at radius 1 is 1.30 bits per heavy atom. The molecule has 6 heteroatoms. The molecule has 0 aliphatic carbocycles. The highest BCUT2D eigenvalue weighted by Gasteiger charge is 2.19. The molecule has 0 saturated carbocycles. The maximum atomic E-state index is 13.0. The Morgan fingerprint density at radius 2 is 1.96 bits per heavy atom. The second-order valence-corrected chi connectivity index (χ2v) is 5.66. The van der Waals surface area contributed by atoms with E-state index in [0.717, 1.165) is 5.56 Å². The normalized spacial score (nSPS) is 11.9. The fraction of sp³-hybridized carbons (Fsp3) is 0.353. The first-order chi connectivity index (χ1) is 10.5. The molecule has 0 aliphatic rings. The molecule has 0 saturated heterocycles. The number of halogens is 2. The maximum absolute atomic E-state index is 13.0. The largest absolute Gasteiger partial charge is 0.467 e. The minimum Gasteiger partial charge on any atom is -0.467 e. The van der Waals surface area contributed by atoms with E-state index in [4.69, 9.17) is 10.2 Å². The Morgan fingerprint density at radius 3 is 2.48 bits per heavy atom. The zero-order valence-electron chi connectivity index (χ0n) is 13.2. The van der Waals surface area contributed by atoms with Crippen LogP contribution in [0.25, 0.3) is 0 Å². The van der Waals surface area contributed by atoms with Gasteiger partial charge in [0, 0.05) is 6.04 Å². The number of hydrogen-bond donors (Lipinski definition) is 2. The number of carbonyl (C=O) groups excluding carboxylic acids is 1. The summed E-state index contributed by atoms with van der Waals surface area (Å²) in [4.78, 5) is 12.3. The van der Waals surface area contributed by atoms with Gasteiger partial charge < -0.3 is 15.5 Å². The van der Waals surface area contributed by atoms with Gasteiger partial charge in [0.15, 0.2) is 0 Å². The van der Waals surface area contributed by atoms with Crippen LogP contribution >= 0.6 is 12.4 Å². The molecule has 1 aromatic carbocycles. The quantitative estimate of drug-likeness (QED) is 0.847. The molecule has 2 aromatic rings. The van der Waals surface area contributed by atoms with Gasteiger partial charge in [-0.3, -0.25) is 4.79 Å². The van der Waals surface area contributed by atoms with Crippen molar-refractivity contribution >= 4 is 18.3 Å². The predicted molar refractivity (Wildman–Crippen MR) is 90.0 cm³/mol. The maximum Gasteiger partial charge on any atom is 0.254 e. The number of benzene rings is 1. The highest BCUT2D eigenvalue weighted by Crippen LogP contribution is 2.13. The van der Waals surface area contributed by atoms with Gasteiger partial charge in [-0.05, 0) is 36.1 Å². The lowest BCUT2D eigenvalue weighted by Gasteiger charge is -2.22. The van der Waals surface area contributed by atoms with E-state index in [0.29, 0.717) is 17.7 Å². The molecule has 0 fully saturated rings. The van der Waals surface area contributed by atoms with Gasteiger partial charge in [0.2, 0.25) is 0 Å². The molecule has 0 radical (unpaired) electrons. The van der Waals surface area contributed by atoms with Gasteiger partial charge in [0.05, 0.1) is 12.1 Å². The first-order valence-electron chi connectivity index (χ1n) is 7.32. The van der Waals surface area contributed by atoms with Crippen LogP contribution in [0.5, 0.6) is 0 Å². The zero-order valence-corrected chi connectivity index (χ0v) is 14.0. The topological polar surface area (TPSA) is 68.3 Å². The summed E-state index contributed by atoms with van der Waals surface area (Å²) < 4.78 is 18.1. The summed E-state index contributed by atoms with van der Waals surface area (Å²) in [5.41, 5.74) is 6.92. The molecule has 1 heterocycles. The zero-order chi connectivity index (χ0) is 16.1. The van der Waals surface area contributed by atoms with Gasteiger partial charge in [-0.1, -0.05) is 26.0 Å². The van der Waals surface area contributed by atoms with Crippen molar-refractivity contribution in [3.05, 3.63) is 59.3 Å². The van der Waals surface area contributed by atoms with Crippen LogP contribution in [0.3, 0.4) is 0 Å². The summed E-state index contributed by atoms with van der Waals surface area (Å²) in [5, 5.41) is 3.00. The standard InChI is InChI=1S/C17H21FN2O2.ClH/c1-11(2)16(7-12-3-5-14(18)6-4-12)20-17(21)13-8-15(9-19)22-10-13;/h3-6,8,10-11,16H,7,9,19H2,1-2H3,(H,20,21);1H. The summed E-state index contributed by atoms with van der Waals surface area (Å²) in [7, 11) is 0. The number of nitrogens with two attached hydrogens (primary N) is 1. The Kier molecular flexibility index (Phi) is 7.26. The number of furan rings is 1. The third-order valence-corrected chi connectivity index (χ3v) is 3.61. The van der Waals surface area contributed by atoms with E-state index in [9.17, 15) is 9.18 Å². The van der Waals surface area contributed by atoms with Crippen molar-refractivity contribution in [2.45, 2.75) is 32.9 Å². The molecular weight excluding hydrogens is 319 g/mol. The van der Waals surface area contributed by atoms with Gasteiger partial charge in [-0.25, -0.2) is 4.39 Å². The van der Waals surface area contributed by atoms with Crippen molar-refractivity contribution in [2.75, 3.05) is 0 Å². The predicted octanol–water partition coefficient (Wildman–Crippen LogP) is 3.30. The molecule has 126 valence electrons. The molecule has 2 rings (SSSR count). The van der Waals surface area contributed by atoms with Crippen LogP contribution in [0.2, 0.25) is 0 Å². The third kappa shape index (κ3) is 5.37. The molecule has 0 aliphatic heterocycles. The second-order valence-electron chi connectivity index (χ2n) is 5.66. The lowest BCUT2D eigenvalue weighted by molar-refractivity contribution is 0.0925. The van der Waals surface area contributed by atoms with Crippen molar-refractivity contribution in [3.63, 3.8) is 0 Å². The smallest absolute Gasteiger partial charge is 0.254 e. The Labute approximate surface area is 141 Å². The van der Waals surface area contributed by atoms with E-state index >= 15 is 0 Å². The number of amides is 1. The molecule has 1 amide bonds. The van der Waals surface area contributed by atoms with Crippen LogP contribution in [0, 0.1) is 11.7 Å². The Bertz CT molecular complexity index is 626. The van der Waals surface area contributed by atoms with E-state index < -0.39 is 0 Å². The lowest BCUT2D eigenvalue weighted by atomic mass is 9.96. The molecule has 3 N–H and O–H groups in total. The van der Waals surface area contributed by atoms with Crippen molar-refractivity contribution in [3.8, 4) is 0 Å².